The molecular formula is C20H17ClN2O2S2. The van der Waals surface area contributed by atoms with E-state index in [1.807, 2.05) is 46.7 Å². The van der Waals surface area contributed by atoms with Crippen LogP contribution in [0.4, 0.5) is 0 Å². The van der Waals surface area contributed by atoms with Crippen LogP contribution in [0.3, 0.4) is 0 Å². The van der Waals surface area contributed by atoms with Gasteiger partial charge in [-0.25, -0.2) is 0 Å². The Morgan fingerprint density at radius 3 is 2.44 bits per heavy atom. The number of hydrogen-bond acceptors (Lipinski definition) is 4. The van der Waals surface area contributed by atoms with E-state index >= 15 is 0 Å². The number of halogens is 1. The maximum absolute atomic E-state index is 12.5. The first kappa shape index (κ1) is 18.2. The van der Waals surface area contributed by atoms with Crippen LogP contribution in [-0.2, 0) is 4.79 Å². The monoisotopic (exact) mass is 416 g/mol. The molecule has 27 heavy (non-hydrogen) atoms. The summed E-state index contributed by atoms with van der Waals surface area (Å²) < 4.78 is 1.11. The number of carbonyl (C=O) groups is 2. The van der Waals surface area contributed by atoms with Crippen molar-refractivity contribution in [2.24, 2.45) is 0 Å². The Balaban J connectivity index is 1.38. The van der Waals surface area contributed by atoms with E-state index in [1.54, 1.807) is 28.4 Å². The van der Waals surface area contributed by atoms with E-state index in [2.05, 4.69) is 0 Å². The zero-order valence-electron chi connectivity index (χ0n) is 14.4. The van der Waals surface area contributed by atoms with E-state index in [0.29, 0.717) is 31.2 Å². The van der Waals surface area contributed by atoms with Gasteiger partial charge >= 0.3 is 0 Å². The molecule has 138 valence electrons. The average molecular weight is 417 g/mol. The maximum Gasteiger partial charge on any atom is 0.264 e. The number of rotatable bonds is 3. The summed E-state index contributed by atoms with van der Waals surface area (Å²) in [5.41, 5.74) is 0. The number of fused-ring (bicyclic) bond motifs is 1. The first-order chi connectivity index (χ1) is 13.1. The summed E-state index contributed by atoms with van der Waals surface area (Å²) in [6.07, 6.45) is 3.37. The van der Waals surface area contributed by atoms with Crippen molar-refractivity contribution in [1.82, 2.24) is 9.80 Å². The van der Waals surface area contributed by atoms with Crippen molar-refractivity contribution >= 4 is 62.3 Å². The Kier molecular flexibility index (Phi) is 5.29. The van der Waals surface area contributed by atoms with Gasteiger partial charge < -0.3 is 9.80 Å². The second-order valence-corrected chi connectivity index (χ2v) is 8.61. The van der Waals surface area contributed by atoms with Crippen molar-refractivity contribution < 1.29 is 9.59 Å². The van der Waals surface area contributed by atoms with Gasteiger partial charge in [-0.1, -0.05) is 35.9 Å². The molecule has 7 heteroatoms. The first-order valence-electron chi connectivity index (χ1n) is 8.60. The first-order valence-corrected chi connectivity index (χ1v) is 10.7. The van der Waals surface area contributed by atoms with E-state index in [1.165, 1.54) is 11.3 Å². The van der Waals surface area contributed by atoms with Crippen molar-refractivity contribution in [3.8, 4) is 0 Å². The number of piperazine rings is 1. The smallest absolute Gasteiger partial charge is 0.264 e. The van der Waals surface area contributed by atoms with Gasteiger partial charge in [-0.3, -0.25) is 9.59 Å². The summed E-state index contributed by atoms with van der Waals surface area (Å²) in [7, 11) is 0. The molecule has 1 saturated heterocycles. The van der Waals surface area contributed by atoms with Crippen LogP contribution in [0.1, 0.15) is 14.5 Å². The van der Waals surface area contributed by atoms with Gasteiger partial charge in [0.2, 0.25) is 5.91 Å². The van der Waals surface area contributed by atoms with Gasteiger partial charge in [0.1, 0.15) is 0 Å². The number of hydrogen-bond donors (Lipinski definition) is 0. The highest BCUT2D eigenvalue weighted by Gasteiger charge is 2.24. The van der Waals surface area contributed by atoms with Crippen molar-refractivity contribution in [3.05, 3.63) is 62.6 Å². The third kappa shape index (κ3) is 3.78. The van der Waals surface area contributed by atoms with Crippen LogP contribution in [-0.4, -0.2) is 47.8 Å². The van der Waals surface area contributed by atoms with Crippen LogP contribution < -0.4 is 0 Å². The molecular weight excluding hydrogens is 400 g/mol. The third-order valence-electron chi connectivity index (χ3n) is 4.55. The van der Waals surface area contributed by atoms with Gasteiger partial charge in [-0.2, -0.15) is 0 Å². The minimum Gasteiger partial charge on any atom is -0.336 e. The molecule has 0 saturated carbocycles. The lowest BCUT2D eigenvalue weighted by Crippen LogP contribution is -2.50. The summed E-state index contributed by atoms with van der Waals surface area (Å²) >= 11 is 9.44. The number of carbonyl (C=O) groups excluding carboxylic acids is 2. The van der Waals surface area contributed by atoms with E-state index in [4.69, 9.17) is 11.6 Å². The molecule has 0 atom stereocenters. The van der Waals surface area contributed by atoms with Gasteiger partial charge in [0.15, 0.2) is 0 Å². The Hall–Kier alpha value is -2.15. The van der Waals surface area contributed by atoms with Crippen LogP contribution in [0.5, 0.6) is 0 Å². The summed E-state index contributed by atoms with van der Waals surface area (Å²) in [5, 5.41) is 3.60. The topological polar surface area (TPSA) is 40.6 Å². The zero-order chi connectivity index (χ0) is 18.8. The minimum atomic E-state index is -0.0493. The molecule has 1 fully saturated rings. The third-order valence-corrected chi connectivity index (χ3v) is 7.06. The molecule has 3 heterocycles. The van der Waals surface area contributed by atoms with Gasteiger partial charge in [0.05, 0.1) is 9.90 Å². The highest BCUT2D eigenvalue weighted by Crippen LogP contribution is 2.35. The predicted molar refractivity (Wildman–Crippen MR) is 113 cm³/mol. The predicted octanol–water partition coefficient (Wildman–Crippen LogP) is 4.61. The summed E-state index contributed by atoms with van der Waals surface area (Å²) in [6.45, 7) is 2.20. The lowest BCUT2D eigenvalue weighted by molar-refractivity contribution is -0.127. The molecule has 0 N–H and O–H groups in total. The SMILES string of the molecule is O=C(/C=C/c1sc2ccccc2c1Cl)N1CCN(C(=O)c2cccs2)CC1. The van der Waals surface area contributed by atoms with Crippen LogP contribution in [0.25, 0.3) is 16.2 Å². The molecule has 0 aliphatic carbocycles. The number of benzene rings is 1. The zero-order valence-corrected chi connectivity index (χ0v) is 16.8. The van der Waals surface area contributed by atoms with Crippen LogP contribution in [0.15, 0.2) is 47.9 Å². The largest absolute Gasteiger partial charge is 0.336 e. The molecule has 3 aromatic rings. The average Bonchev–Trinajstić information content (AvgIpc) is 3.35. The van der Waals surface area contributed by atoms with Crippen molar-refractivity contribution in [1.29, 1.82) is 0 Å². The summed E-state index contributed by atoms with van der Waals surface area (Å²) in [6, 6.07) is 11.6. The van der Waals surface area contributed by atoms with E-state index < -0.39 is 0 Å². The minimum absolute atomic E-state index is 0.0460. The van der Waals surface area contributed by atoms with Gasteiger partial charge in [-0.05, 0) is 23.6 Å². The molecule has 0 unspecified atom stereocenters. The Labute approximate surface area is 170 Å². The number of thiophene rings is 2. The molecule has 2 aromatic heterocycles. The summed E-state index contributed by atoms with van der Waals surface area (Å²) in [5.74, 6) is -0.00329. The van der Waals surface area contributed by atoms with E-state index in [0.717, 1.165) is 19.8 Å². The molecule has 0 radical (unpaired) electrons. The highest BCUT2D eigenvalue weighted by molar-refractivity contribution is 7.20. The van der Waals surface area contributed by atoms with Crippen LogP contribution in [0.2, 0.25) is 5.02 Å². The Morgan fingerprint density at radius 1 is 1.00 bits per heavy atom. The molecule has 1 aromatic carbocycles. The van der Waals surface area contributed by atoms with Crippen molar-refractivity contribution in [3.63, 3.8) is 0 Å². The van der Waals surface area contributed by atoms with Gasteiger partial charge in [-0.15, -0.1) is 22.7 Å². The Bertz CT molecular complexity index is 1000. The normalized spacial score (nSPS) is 15.0. The van der Waals surface area contributed by atoms with Gasteiger partial charge in [0.25, 0.3) is 5.91 Å². The van der Waals surface area contributed by atoms with Crippen molar-refractivity contribution in [2.45, 2.75) is 0 Å². The number of nitrogens with zero attached hydrogens (tertiary/aromatic N) is 2. The fraction of sp³-hybridized carbons (Fsp3) is 0.200. The lowest BCUT2D eigenvalue weighted by Gasteiger charge is -2.34. The molecule has 1 aliphatic rings. The second kappa shape index (κ2) is 7.84. The summed E-state index contributed by atoms with van der Waals surface area (Å²) in [4.78, 5) is 30.1. The molecule has 4 rings (SSSR count). The second-order valence-electron chi connectivity index (χ2n) is 6.20. The van der Waals surface area contributed by atoms with E-state index in [-0.39, 0.29) is 11.8 Å². The standard InChI is InChI=1S/C20H17ClN2O2S2/c21-19-14-4-1-2-5-15(14)27-16(19)7-8-18(24)22-9-11-23(12-10-22)20(25)17-6-3-13-26-17/h1-8,13H,9-12H2/b8-7+. The van der Waals surface area contributed by atoms with E-state index in [9.17, 15) is 9.59 Å². The quantitative estimate of drug-likeness (QED) is 0.585. The van der Waals surface area contributed by atoms with Crippen molar-refractivity contribution in [2.75, 3.05) is 26.2 Å². The fourth-order valence-corrected chi connectivity index (χ4v) is 5.17. The maximum atomic E-state index is 12.5. The molecule has 0 spiro atoms. The molecule has 1 aliphatic heterocycles. The van der Waals surface area contributed by atoms with Crippen LogP contribution >= 0.6 is 34.3 Å². The van der Waals surface area contributed by atoms with Gasteiger partial charge in [0, 0.05) is 47.2 Å². The number of amides is 2. The fourth-order valence-electron chi connectivity index (χ4n) is 3.08. The lowest BCUT2D eigenvalue weighted by atomic mass is 10.2. The molecule has 0 bridgehead atoms. The van der Waals surface area contributed by atoms with Crippen LogP contribution in [0, 0.1) is 0 Å². The Morgan fingerprint density at radius 2 is 1.74 bits per heavy atom. The highest BCUT2D eigenvalue weighted by atomic mass is 35.5. The molecule has 4 nitrogen and oxygen atoms in total. The molecule has 2 amide bonds.